The number of halogens is 1. The first-order valence-electron chi connectivity index (χ1n) is 6.27. The first-order chi connectivity index (χ1) is 9.40. The van der Waals surface area contributed by atoms with Crippen LogP contribution in [0.25, 0.3) is 10.8 Å². The number of nitrogens with one attached hydrogen (secondary N) is 2. The van der Waals surface area contributed by atoms with E-state index in [1.54, 1.807) is 18.3 Å². The van der Waals surface area contributed by atoms with Crippen molar-refractivity contribution in [3.05, 3.63) is 39.8 Å². The topological polar surface area (TPSA) is 88.0 Å². The molecule has 1 heterocycles. The van der Waals surface area contributed by atoms with E-state index in [1.807, 2.05) is 13.8 Å². The third-order valence-electron chi connectivity index (χ3n) is 3.14. The van der Waals surface area contributed by atoms with E-state index in [1.165, 1.54) is 6.07 Å². The second kappa shape index (κ2) is 5.64. The van der Waals surface area contributed by atoms with Gasteiger partial charge in [0.2, 0.25) is 5.91 Å². The summed E-state index contributed by atoms with van der Waals surface area (Å²) in [6.07, 6.45) is 1.55. The molecule has 0 radical (unpaired) electrons. The molecule has 5 nitrogen and oxygen atoms in total. The van der Waals surface area contributed by atoms with Crippen LogP contribution in [-0.4, -0.2) is 16.9 Å². The molecule has 1 amide bonds. The average molecular weight is 294 g/mol. The normalized spacial score (nSPS) is 12.7. The lowest BCUT2D eigenvalue weighted by Gasteiger charge is -2.16. The van der Waals surface area contributed by atoms with Crippen molar-refractivity contribution in [3.63, 3.8) is 0 Å². The molecule has 0 aliphatic rings. The molecular weight excluding hydrogens is 278 g/mol. The van der Waals surface area contributed by atoms with E-state index in [-0.39, 0.29) is 17.4 Å². The van der Waals surface area contributed by atoms with Crippen LogP contribution in [-0.2, 0) is 4.79 Å². The van der Waals surface area contributed by atoms with Crippen LogP contribution in [0.3, 0.4) is 0 Å². The van der Waals surface area contributed by atoms with Crippen molar-refractivity contribution in [1.29, 1.82) is 0 Å². The van der Waals surface area contributed by atoms with Crippen LogP contribution in [0.4, 0.5) is 5.69 Å². The zero-order valence-electron chi connectivity index (χ0n) is 11.2. The van der Waals surface area contributed by atoms with Gasteiger partial charge in [-0.25, -0.2) is 0 Å². The molecule has 0 bridgehead atoms. The summed E-state index contributed by atoms with van der Waals surface area (Å²) in [6.45, 7) is 3.73. The second-order valence-electron chi connectivity index (χ2n) is 4.99. The molecule has 0 aliphatic heterocycles. The van der Waals surface area contributed by atoms with Crippen LogP contribution in [0.2, 0.25) is 5.02 Å². The van der Waals surface area contributed by atoms with E-state index in [0.717, 1.165) is 0 Å². The Kier molecular flexibility index (Phi) is 4.11. The Hall–Kier alpha value is -1.85. The first kappa shape index (κ1) is 14.6. The van der Waals surface area contributed by atoms with Gasteiger partial charge in [0.1, 0.15) is 0 Å². The van der Waals surface area contributed by atoms with Crippen molar-refractivity contribution >= 4 is 34.0 Å². The summed E-state index contributed by atoms with van der Waals surface area (Å²) in [6, 6.07) is 4.33. The Morgan fingerprint density at radius 1 is 1.40 bits per heavy atom. The summed E-state index contributed by atoms with van der Waals surface area (Å²) in [5.41, 5.74) is 6.01. The van der Waals surface area contributed by atoms with Gasteiger partial charge < -0.3 is 16.0 Å². The molecule has 4 N–H and O–H groups in total. The molecule has 0 fully saturated rings. The third kappa shape index (κ3) is 2.84. The van der Waals surface area contributed by atoms with Crippen molar-refractivity contribution in [1.82, 2.24) is 4.98 Å². The van der Waals surface area contributed by atoms with Crippen LogP contribution >= 0.6 is 11.6 Å². The molecule has 2 aromatic rings. The number of carbonyl (C=O) groups excluding carboxylic acids is 1. The number of pyridine rings is 1. The molecule has 0 aliphatic carbocycles. The number of H-pyrrole nitrogens is 1. The lowest BCUT2D eigenvalue weighted by molar-refractivity contribution is -0.118. The number of benzene rings is 1. The summed E-state index contributed by atoms with van der Waals surface area (Å²) >= 11 is 6.10. The van der Waals surface area contributed by atoms with E-state index in [4.69, 9.17) is 17.3 Å². The summed E-state index contributed by atoms with van der Waals surface area (Å²) in [5, 5.41) is 4.18. The molecule has 0 saturated carbocycles. The highest BCUT2D eigenvalue weighted by molar-refractivity contribution is 6.34. The SMILES string of the molecule is CC(C)[C@H](N)C(=O)Nc1cc2cc[nH]c(=O)c2cc1Cl. The molecular formula is C14H16ClN3O2. The molecule has 0 saturated heterocycles. The summed E-state index contributed by atoms with van der Waals surface area (Å²) in [7, 11) is 0. The highest BCUT2D eigenvalue weighted by Crippen LogP contribution is 2.26. The van der Waals surface area contributed by atoms with Gasteiger partial charge in [0.25, 0.3) is 5.56 Å². The minimum absolute atomic E-state index is 0.0251. The Morgan fingerprint density at radius 3 is 2.75 bits per heavy atom. The minimum atomic E-state index is -0.610. The number of carbonyl (C=O) groups is 1. The van der Waals surface area contributed by atoms with Crippen molar-refractivity contribution < 1.29 is 4.79 Å². The van der Waals surface area contributed by atoms with Gasteiger partial charge in [0.05, 0.1) is 16.8 Å². The molecule has 0 spiro atoms. The van der Waals surface area contributed by atoms with Gasteiger partial charge in [-0.3, -0.25) is 9.59 Å². The fourth-order valence-electron chi connectivity index (χ4n) is 1.82. The van der Waals surface area contributed by atoms with Crippen LogP contribution in [0.5, 0.6) is 0 Å². The van der Waals surface area contributed by atoms with Gasteiger partial charge >= 0.3 is 0 Å². The molecule has 1 atom stereocenters. The predicted molar refractivity (Wildman–Crippen MR) is 81.0 cm³/mol. The van der Waals surface area contributed by atoms with Crippen molar-refractivity contribution in [2.24, 2.45) is 11.7 Å². The summed E-state index contributed by atoms with van der Waals surface area (Å²) < 4.78 is 0. The number of aromatic amines is 1. The van der Waals surface area contributed by atoms with Crippen molar-refractivity contribution in [3.8, 4) is 0 Å². The number of hydrogen-bond donors (Lipinski definition) is 3. The first-order valence-corrected chi connectivity index (χ1v) is 6.65. The molecule has 6 heteroatoms. The maximum atomic E-state index is 11.9. The van der Waals surface area contributed by atoms with Crippen LogP contribution in [0.15, 0.2) is 29.2 Å². The number of fused-ring (bicyclic) bond motifs is 1. The number of amides is 1. The van der Waals surface area contributed by atoms with Gasteiger partial charge in [0.15, 0.2) is 0 Å². The highest BCUT2D eigenvalue weighted by Gasteiger charge is 2.18. The highest BCUT2D eigenvalue weighted by atomic mass is 35.5. The monoisotopic (exact) mass is 293 g/mol. The van der Waals surface area contributed by atoms with Crippen LogP contribution in [0, 0.1) is 5.92 Å². The van der Waals surface area contributed by atoms with E-state index in [0.29, 0.717) is 21.5 Å². The van der Waals surface area contributed by atoms with E-state index >= 15 is 0 Å². The van der Waals surface area contributed by atoms with E-state index in [2.05, 4.69) is 10.3 Å². The smallest absolute Gasteiger partial charge is 0.255 e. The standard InChI is InChI=1S/C14H16ClN3O2/c1-7(2)12(16)14(20)18-11-5-8-3-4-17-13(19)9(8)6-10(11)15/h3-7,12H,16H2,1-2H3,(H,17,19)(H,18,20)/t12-/m0/s1. The van der Waals surface area contributed by atoms with Gasteiger partial charge in [-0.2, -0.15) is 0 Å². The van der Waals surface area contributed by atoms with Gasteiger partial charge in [-0.15, -0.1) is 0 Å². The number of nitrogens with two attached hydrogens (primary N) is 1. The molecule has 2 rings (SSSR count). The van der Waals surface area contributed by atoms with E-state index < -0.39 is 6.04 Å². The number of aromatic nitrogens is 1. The third-order valence-corrected chi connectivity index (χ3v) is 3.45. The minimum Gasteiger partial charge on any atom is -0.329 e. The molecule has 20 heavy (non-hydrogen) atoms. The van der Waals surface area contributed by atoms with Crippen LogP contribution in [0.1, 0.15) is 13.8 Å². The van der Waals surface area contributed by atoms with Crippen molar-refractivity contribution in [2.75, 3.05) is 5.32 Å². The Labute approximate surface area is 121 Å². The fraction of sp³-hybridized carbons (Fsp3) is 0.286. The zero-order valence-corrected chi connectivity index (χ0v) is 12.0. The molecule has 0 unspecified atom stereocenters. The fourth-order valence-corrected chi connectivity index (χ4v) is 2.03. The van der Waals surface area contributed by atoms with Gasteiger partial charge in [-0.1, -0.05) is 25.4 Å². The largest absolute Gasteiger partial charge is 0.329 e. The second-order valence-corrected chi connectivity index (χ2v) is 5.39. The van der Waals surface area contributed by atoms with Gasteiger partial charge in [-0.05, 0) is 29.5 Å². The lowest BCUT2D eigenvalue weighted by Crippen LogP contribution is -2.39. The Morgan fingerprint density at radius 2 is 2.10 bits per heavy atom. The average Bonchev–Trinajstić information content (AvgIpc) is 2.39. The zero-order chi connectivity index (χ0) is 14.9. The number of anilines is 1. The van der Waals surface area contributed by atoms with Crippen molar-refractivity contribution in [2.45, 2.75) is 19.9 Å². The summed E-state index contributed by atoms with van der Waals surface area (Å²) in [4.78, 5) is 26.2. The predicted octanol–water partition coefficient (Wildman–Crippen LogP) is 2.10. The van der Waals surface area contributed by atoms with Crippen LogP contribution < -0.4 is 16.6 Å². The Balaban J connectivity index is 2.38. The Bertz CT molecular complexity index is 709. The molecule has 106 valence electrons. The molecule has 1 aromatic carbocycles. The lowest BCUT2D eigenvalue weighted by atomic mass is 10.0. The number of rotatable bonds is 3. The maximum absolute atomic E-state index is 11.9. The van der Waals surface area contributed by atoms with Gasteiger partial charge in [0, 0.05) is 11.6 Å². The maximum Gasteiger partial charge on any atom is 0.255 e. The quantitative estimate of drug-likeness (QED) is 0.810. The number of hydrogen-bond acceptors (Lipinski definition) is 3. The van der Waals surface area contributed by atoms with E-state index in [9.17, 15) is 9.59 Å². The molecule has 1 aromatic heterocycles. The summed E-state index contributed by atoms with van der Waals surface area (Å²) in [5.74, 6) is -0.275.